The molecular formula is C17H22N4O4S. The summed E-state index contributed by atoms with van der Waals surface area (Å²) < 4.78 is 5.62. The number of anilines is 2. The van der Waals surface area contributed by atoms with Crippen LogP contribution >= 0.6 is 11.3 Å². The van der Waals surface area contributed by atoms with Gasteiger partial charge in [-0.2, -0.15) is 0 Å². The largest absolute Gasteiger partial charge is 0.493 e. The molecule has 0 bridgehead atoms. The maximum Gasteiger partial charge on any atom is 0.345 e. The monoisotopic (exact) mass is 378 g/mol. The van der Waals surface area contributed by atoms with Gasteiger partial charge < -0.3 is 10.1 Å². The summed E-state index contributed by atoms with van der Waals surface area (Å²) in [5.74, 6) is 0.134. The predicted molar refractivity (Wildman–Crippen MR) is 103 cm³/mol. The Bertz CT molecular complexity index is 778. The van der Waals surface area contributed by atoms with Crippen LogP contribution in [0.25, 0.3) is 0 Å². The molecule has 0 fully saturated rings. The van der Waals surface area contributed by atoms with Crippen molar-refractivity contribution in [2.45, 2.75) is 26.7 Å². The van der Waals surface area contributed by atoms with Gasteiger partial charge in [0.25, 0.3) is 5.91 Å². The number of unbranched alkanes of at least 4 members (excludes halogenated alkanes) is 1. The zero-order chi connectivity index (χ0) is 19.1. The Labute approximate surface area is 156 Å². The molecule has 1 aromatic heterocycles. The lowest BCUT2D eigenvalue weighted by atomic mass is 10.1. The number of nitrogens with one attached hydrogen (secondary N) is 1. The molecule has 1 aromatic carbocycles. The van der Waals surface area contributed by atoms with Crippen LogP contribution in [0.4, 0.5) is 15.8 Å². The second kappa shape index (κ2) is 9.14. The van der Waals surface area contributed by atoms with Crippen LogP contribution in [0.3, 0.4) is 0 Å². The fraction of sp³-hybridized carbons (Fsp3) is 0.412. The number of amides is 1. The summed E-state index contributed by atoms with van der Waals surface area (Å²) in [4.78, 5) is 28.3. The number of aromatic nitrogens is 1. The molecular weight excluding hydrogens is 356 g/mol. The summed E-state index contributed by atoms with van der Waals surface area (Å²) in [5.41, 5.74) is 1.26. The Kier molecular flexibility index (Phi) is 6.90. The van der Waals surface area contributed by atoms with E-state index in [9.17, 15) is 14.9 Å². The molecule has 140 valence electrons. The van der Waals surface area contributed by atoms with E-state index in [4.69, 9.17) is 4.74 Å². The molecule has 26 heavy (non-hydrogen) atoms. The molecule has 0 aliphatic heterocycles. The number of thiazole rings is 1. The van der Waals surface area contributed by atoms with Crippen molar-refractivity contribution < 1.29 is 14.5 Å². The smallest absolute Gasteiger partial charge is 0.345 e. The summed E-state index contributed by atoms with van der Waals surface area (Å²) in [5, 5.41) is 14.3. The van der Waals surface area contributed by atoms with Gasteiger partial charge >= 0.3 is 5.00 Å². The first-order valence-electron chi connectivity index (χ1n) is 8.36. The van der Waals surface area contributed by atoms with Crippen LogP contribution in [-0.4, -0.2) is 36.0 Å². The quantitative estimate of drug-likeness (QED) is 0.403. The van der Waals surface area contributed by atoms with E-state index >= 15 is 0 Å². The van der Waals surface area contributed by atoms with E-state index in [0.717, 1.165) is 42.6 Å². The third-order valence-corrected chi connectivity index (χ3v) is 4.65. The lowest BCUT2D eigenvalue weighted by Gasteiger charge is -2.17. The molecule has 1 amide bonds. The van der Waals surface area contributed by atoms with Gasteiger partial charge in [0.05, 0.1) is 17.1 Å². The number of nitro groups is 1. The molecule has 9 heteroatoms. The summed E-state index contributed by atoms with van der Waals surface area (Å²) >= 11 is 0.850. The highest BCUT2D eigenvalue weighted by Gasteiger charge is 2.23. The molecule has 0 spiro atoms. The van der Waals surface area contributed by atoms with E-state index in [1.807, 2.05) is 13.0 Å². The zero-order valence-corrected chi connectivity index (χ0v) is 15.8. The van der Waals surface area contributed by atoms with Gasteiger partial charge in [-0.1, -0.05) is 13.3 Å². The predicted octanol–water partition coefficient (Wildman–Crippen LogP) is 3.94. The Hall–Kier alpha value is -2.68. The van der Waals surface area contributed by atoms with Crippen molar-refractivity contribution in [2.24, 2.45) is 0 Å². The van der Waals surface area contributed by atoms with Crippen LogP contribution < -0.4 is 15.0 Å². The molecule has 1 heterocycles. The topological polar surface area (TPSA) is 97.6 Å². The van der Waals surface area contributed by atoms with Crippen molar-refractivity contribution in [3.05, 3.63) is 40.1 Å². The first kappa shape index (κ1) is 19.6. The molecule has 8 nitrogen and oxygen atoms in total. The number of hydrogen-bond donors (Lipinski definition) is 1. The van der Waals surface area contributed by atoms with Crippen molar-refractivity contribution in [1.82, 2.24) is 4.98 Å². The maximum atomic E-state index is 12.8. The Morgan fingerprint density at radius 2 is 2.19 bits per heavy atom. The lowest BCUT2D eigenvalue weighted by molar-refractivity contribution is -0.380. The molecule has 0 unspecified atom stereocenters. The van der Waals surface area contributed by atoms with Crippen LogP contribution in [0, 0.1) is 10.1 Å². The SMILES string of the molecule is CCCCNc1ccc(C(=O)N(C)c2ncc([N+](=O)[O-])s2)c(OCC)c1. The summed E-state index contributed by atoms with van der Waals surface area (Å²) in [6.07, 6.45) is 3.29. The standard InChI is InChI=1S/C17H22N4O4S/c1-4-6-9-18-12-7-8-13(14(10-12)25-5-2)16(22)20(3)17-19-11-15(26-17)21(23)24/h7-8,10-11,18H,4-6,9H2,1-3H3. The third-order valence-electron chi connectivity index (χ3n) is 3.62. The molecule has 1 N–H and O–H groups in total. The highest BCUT2D eigenvalue weighted by atomic mass is 32.1. The van der Waals surface area contributed by atoms with E-state index in [-0.39, 0.29) is 16.0 Å². The molecule has 2 rings (SSSR count). The number of carbonyl (C=O) groups is 1. The van der Waals surface area contributed by atoms with Crippen LogP contribution in [0.5, 0.6) is 5.75 Å². The number of nitrogens with zero attached hydrogens (tertiary/aromatic N) is 3. The average Bonchev–Trinajstić information content (AvgIpc) is 3.12. The zero-order valence-electron chi connectivity index (χ0n) is 15.0. The van der Waals surface area contributed by atoms with E-state index in [1.165, 1.54) is 11.9 Å². The minimum atomic E-state index is -0.526. The number of rotatable bonds is 9. The summed E-state index contributed by atoms with van der Waals surface area (Å²) in [6, 6.07) is 5.31. The van der Waals surface area contributed by atoms with Gasteiger partial charge in [0.15, 0.2) is 5.13 Å². The van der Waals surface area contributed by atoms with Crippen molar-refractivity contribution in [1.29, 1.82) is 0 Å². The molecule has 0 saturated heterocycles. The van der Waals surface area contributed by atoms with Crippen LogP contribution in [-0.2, 0) is 0 Å². The van der Waals surface area contributed by atoms with Crippen LogP contribution in [0.1, 0.15) is 37.0 Å². The Balaban J connectivity index is 2.23. The van der Waals surface area contributed by atoms with Gasteiger partial charge in [0, 0.05) is 25.3 Å². The molecule has 0 aliphatic rings. The van der Waals surface area contributed by atoms with Crippen molar-refractivity contribution >= 4 is 33.1 Å². The fourth-order valence-corrected chi connectivity index (χ4v) is 2.95. The highest BCUT2D eigenvalue weighted by Crippen LogP contribution is 2.31. The van der Waals surface area contributed by atoms with E-state index < -0.39 is 4.92 Å². The maximum absolute atomic E-state index is 12.8. The van der Waals surface area contributed by atoms with Crippen molar-refractivity contribution in [3.63, 3.8) is 0 Å². The first-order chi connectivity index (χ1) is 12.5. The molecule has 0 saturated carbocycles. The normalized spacial score (nSPS) is 10.4. The van der Waals surface area contributed by atoms with Crippen molar-refractivity contribution in [2.75, 3.05) is 30.4 Å². The summed E-state index contributed by atoms with van der Waals surface area (Å²) in [6.45, 7) is 5.23. The lowest BCUT2D eigenvalue weighted by Crippen LogP contribution is -2.26. The van der Waals surface area contributed by atoms with E-state index in [0.29, 0.717) is 17.9 Å². The molecule has 0 atom stereocenters. The summed E-state index contributed by atoms with van der Waals surface area (Å²) in [7, 11) is 1.54. The Morgan fingerprint density at radius 1 is 1.42 bits per heavy atom. The van der Waals surface area contributed by atoms with Gasteiger partial charge in [-0.05, 0) is 36.8 Å². The minimum absolute atomic E-state index is 0.111. The van der Waals surface area contributed by atoms with E-state index in [2.05, 4.69) is 17.2 Å². The van der Waals surface area contributed by atoms with Gasteiger partial charge in [0.1, 0.15) is 11.9 Å². The van der Waals surface area contributed by atoms with Gasteiger partial charge in [-0.3, -0.25) is 19.8 Å². The number of carbonyl (C=O) groups excluding carboxylic acids is 1. The van der Waals surface area contributed by atoms with Crippen LogP contribution in [0.2, 0.25) is 0 Å². The second-order valence-electron chi connectivity index (χ2n) is 5.53. The van der Waals surface area contributed by atoms with E-state index in [1.54, 1.807) is 12.1 Å². The average molecular weight is 378 g/mol. The number of ether oxygens (including phenoxy) is 1. The molecule has 0 radical (unpaired) electrons. The molecule has 2 aromatic rings. The number of benzene rings is 1. The van der Waals surface area contributed by atoms with Crippen molar-refractivity contribution in [3.8, 4) is 5.75 Å². The Morgan fingerprint density at radius 3 is 2.81 bits per heavy atom. The van der Waals surface area contributed by atoms with Gasteiger partial charge in [0.2, 0.25) is 0 Å². The highest BCUT2D eigenvalue weighted by molar-refractivity contribution is 7.18. The minimum Gasteiger partial charge on any atom is -0.493 e. The first-order valence-corrected chi connectivity index (χ1v) is 9.18. The van der Waals surface area contributed by atoms with Gasteiger partial charge in [-0.15, -0.1) is 0 Å². The number of hydrogen-bond acceptors (Lipinski definition) is 7. The fourth-order valence-electron chi connectivity index (χ4n) is 2.26. The second-order valence-corrected chi connectivity index (χ2v) is 6.51. The molecule has 0 aliphatic carbocycles. The third kappa shape index (κ3) is 4.69. The van der Waals surface area contributed by atoms with Gasteiger partial charge in [-0.25, -0.2) is 4.98 Å². The van der Waals surface area contributed by atoms with Crippen LogP contribution in [0.15, 0.2) is 24.4 Å².